The first-order valence-corrected chi connectivity index (χ1v) is 21.9. The average molecular weight is 699 g/mol. The summed E-state index contributed by atoms with van der Waals surface area (Å²) in [7, 11) is 0. The van der Waals surface area contributed by atoms with Crippen molar-refractivity contribution in [1.82, 2.24) is 9.80 Å². The molecule has 0 aliphatic carbocycles. The first-order chi connectivity index (χ1) is 24.6. The minimum absolute atomic E-state index is 0.0441. The van der Waals surface area contributed by atoms with E-state index >= 15 is 0 Å². The lowest BCUT2D eigenvalue weighted by Crippen LogP contribution is -2.57. The number of hydrogen-bond acceptors (Lipinski definition) is 6. The Hall–Kier alpha value is -1.66. The molecule has 0 radical (unpaired) electrons. The number of hydrogen-bond donors (Lipinski definition) is 2. The fraction of sp³-hybridized carbons (Fsp3) is 0.864. The van der Waals surface area contributed by atoms with Gasteiger partial charge in [-0.2, -0.15) is 0 Å². The Morgan fingerprint density at radius 3 is 1.56 bits per heavy atom. The molecule has 0 saturated heterocycles. The van der Waals surface area contributed by atoms with E-state index in [-0.39, 0.29) is 6.61 Å². The van der Waals surface area contributed by atoms with Gasteiger partial charge in [0.05, 0.1) is 25.5 Å². The number of rotatable bonds is 35. The van der Waals surface area contributed by atoms with Crippen molar-refractivity contribution in [1.29, 1.82) is 0 Å². The van der Waals surface area contributed by atoms with Gasteiger partial charge in [0.1, 0.15) is 5.84 Å². The van der Waals surface area contributed by atoms with Gasteiger partial charge in [0.2, 0.25) is 0 Å². The maximum Gasteiger partial charge on any atom is 0.159 e. The van der Waals surface area contributed by atoms with Crippen LogP contribution in [0.2, 0.25) is 0 Å². The number of allylic oxidation sites excluding steroid dienone is 3. The highest BCUT2D eigenvalue weighted by Crippen LogP contribution is 2.25. The zero-order valence-electron chi connectivity index (χ0n) is 33.2. The normalized spacial score (nSPS) is 16.3. The Kier molecular flexibility index (Phi) is 27.5. The molecule has 0 aromatic heterocycles. The molecular formula is C44H82N4O2. The zero-order valence-corrected chi connectivity index (χ0v) is 33.2. The van der Waals surface area contributed by atoms with Crippen molar-refractivity contribution in [3.63, 3.8) is 0 Å². The van der Waals surface area contributed by atoms with Crippen LogP contribution in [0, 0.1) is 0 Å². The van der Waals surface area contributed by atoms with Crippen LogP contribution in [0.25, 0.3) is 0 Å². The van der Waals surface area contributed by atoms with Gasteiger partial charge in [-0.15, -0.1) is 0 Å². The van der Waals surface area contributed by atoms with E-state index in [4.69, 9.17) is 9.98 Å². The molecule has 2 aliphatic rings. The molecule has 0 bridgehead atoms. The number of β-amino-alcohol motifs (C(OH)–C–C–N with tert-alkyl or cyclic N) is 1. The van der Waals surface area contributed by atoms with Crippen LogP contribution in [0.1, 0.15) is 200 Å². The van der Waals surface area contributed by atoms with E-state index in [9.17, 15) is 10.2 Å². The van der Waals surface area contributed by atoms with Gasteiger partial charge in [-0.25, -0.2) is 0 Å². The highest BCUT2D eigenvalue weighted by Gasteiger charge is 2.40. The summed E-state index contributed by atoms with van der Waals surface area (Å²) in [6, 6.07) is 0. The van der Waals surface area contributed by atoms with E-state index < -0.39 is 5.72 Å². The third-order valence-corrected chi connectivity index (χ3v) is 10.8. The Labute approximate surface area is 310 Å². The third-order valence-electron chi connectivity index (χ3n) is 10.8. The molecule has 0 aromatic rings. The van der Waals surface area contributed by atoms with E-state index in [0.29, 0.717) is 26.1 Å². The van der Waals surface area contributed by atoms with E-state index in [1.807, 2.05) is 4.90 Å². The summed E-state index contributed by atoms with van der Waals surface area (Å²) in [5.41, 5.74) is -1.14. The smallest absolute Gasteiger partial charge is 0.159 e. The largest absolute Gasteiger partial charge is 0.396 e. The zero-order chi connectivity index (χ0) is 35.8. The van der Waals surface area contributed by atoms with Crippen molar-refractivity contribution in [3.8, 4) is 0 Å². The van der Waals surface area contributed by atoms with Gasteiger partial charge in [-0.3, -0.25) is 9.98 Å². The number of nitrogens with zero attached hydrogens (tertiary/aromatic N) is 4. The van der Waals surface area contributed by atoms with Crippen LogP contribution >= 0.6 is 0 Å². The molecule has 2 N–H and O–H groups in total. The molecule has 2 aliphatic heterocycles. The molecule has 0 spiro atoms. The predicted octanol–water partition coefficient (Wildman–Crippen LogP) is 11.6. The number of amidine groups is 2. The van der Waals surface area contributed by atoms with Crippen LogP contribution in [0.15, 0.2) is 34.3 Å². The molecule has 50 heavy (non-hydrogen) atoms. The van der Waals surface area contributed by atoms with Crippen molar-refractivity contribution < 1.29 is 10.2 Å². The number of unbranched alkanes of at least 4 members (excludes halogenated alkanes) is 24. The van der Waals surface area contributed by atoms with E-state index in [1.54, 1.807) is 0 Å². The third kappa shape index (κ3) is 21.0. The summed E-state index contributed by atoms with van der Waals surface area (Å²) < 4.78 is 0. The summed E-state index contributed by atoms with van der Waals surface area (Å²) in [5, 5.41) is 21.9. The molecule has 1 atom stereocenters. The first kappa shape index (κ1) is 44.5. The Morgan fingerprint density at radius 1 is 0.580 bits per heavy atom. The van der Waals surface area contributed by atoms with Gasteiger partial charge in [-0.05, 0) is 51.0 Å². The Morgan fingerprint density at radius 2 is 1.04 bits per heavy atom. The highest BCUT2D eigenvalue weighted by atomic mass is 16.3. The molecule has 2 rings (SSSR count). The maximum atomic E-state index is 11.9. The summed E-state index contributed by atoms with van der Waals surface area (Å²) in [6.07, 6.45) is 46.4. The van der Waals surface area contributed by atoms with Crippen molar-refractivity contribution in [2.75, 3.05) is 39.3 Å². The van der Waals surface area contributed by atoms with Gasteiger partial charge >= 0.3 is 0 Å². The fourth-order valence-electron chi connectivity index (χ4n) is 7.57. The quantitative estimate of drug-likeness (QED) is 0.0510. The number of aliphatic hydroxyl groups excluding tert-OH is 1. The molecule has 0 fully saturated rings. The molecule has 0 saturated carbocycles. The minimum Gasteiger partial charge on any atom is -0.396 e. The van der Waals surface area contributed by atoms with Crippen LogP contribution in [0.3, 0.4) is 0 Å². The first-order valence-electron chi connectivity index (χ1n) is 21.9. The summed E-state index contributed by atoms with van der Waals surface area (Å²) in [4.78, 5) is 13.9. The number of aliphatic hydroxyl groups is 2. The monoisotopic (exact) mass is 699 g/mol. The molecule has 2 heterocycles. The van der Waals surface area contributed by atoms with Crippen molar-refractivity contribution >= 4 is 11.7 Å². The van der Waals surface area contributed by atoms with Crippen LogP contribution in [-0.2, 0) is 0 Å². The van der Waals surface area contributed by atoms with Crippen molar-refractivity contribution in [2.24, 2.45) is 9.98 Å². The predicted molar refractivity (Wildman–Crippen MR) is 218 cm³/mol. The lowest BCUT2D eigenvalue weighted by atomic mass is 10.0. The van der Waals surface area contributed by atoms with Gasteiger partial charge in [-0.1, -0.05) is 160 Å². The molecule has 6 nitrogen and oxygen atoms in total. The fourth-order valence-corrected chi connectivity index (χ4v) is 7.57. The van der Waals surface area contributed by atoms with Crippen LogP contribution in [0.5, 0.6) is 0 Å². The van der Waals surface area contributed by atoms with Crippen LogP contribution in [-0.4, -0.2) is 76.7 Å². The van der Waals surface area contributed by atoms with Gasteiger partial charge < -0.3 is 20.0 Å². The second-order valence-electron chi connectivity index (χ2n) is 15.3. The molecule has 0 aromatic carbocycles. The van der Waals surface area contributed by atoms with E-state index in [0.717, 1.165) is 44.0 Å². The van der Waals surface area contributed by atoms with Crippen molar-refractivity contribution in [2.45, 2.75) is 206 Å². The van der Waals surface area contributed by atoms with Crippen LogP contribution < -0.4 is 0 Å². The molecule has 6 heteroatoms. The van der Waals surface area contributed by atoms with E-state index in [2.05, 4.69) is 43.1 Å². The second kappa shape index (κ2) is 30.9. The second-order valence-corrected chi connectivity index (χ2v) is 15.3. The average Bonchev–Trinajstić information content (AvgIpc) is 3.78. The summed E-state index contributed by atoms with van der Waals surface area (Å²) >= 11 is 0. The van der Waals surface area contributed by atoms with Gasteiger partial charge in [0.15, 0.2) is 5.72 Å². The van der Waals surface area contributed by atoms with Gasteiger partial charge in [0.25, 0.3) is 0 Å². The molecular weight excluding hydrogens is 617 g/mol. The van der Waals surface area contributed by atoms with E-state index in [1.165, 1.54) is 161 Å². The summed E-state index contributed by atoms with van der Waals surface area (Å²) in [6.45, 7) is 8.05. The van der Waals surface area contributed by atoms with Gasteiger partial charge in [0, 0.05) is 32.5 Å². The lowest BCUT2D eigenvalue weighted by Gasteiger charge is -2.41. The standard InChI is InChI=1S/C44H82N4O2/c1-3-5-7-9-11-13-15-17-19-21-23-25-27-29-31-33-42-45-36-38-47(42)41-44(50,35-40-49)48-39-37-46-43(48)34-32-30-28-26-24-22-20-18-16-14-12-10-8-6-4-2/h17,19,32,34,49-50H,3-16,18,20-31,33,35-41H2,1-2H3. The summed E-state index contributed by atoms with van der Waals surface area (Å²) in [5.74, 6) is 2.00. The minimum atomic E-state index is -1.14. The SMILES string of the molecule is CCCCCCCCC=CCCCCCCCC1=NCCN1CC(O)(CCO)N1CCN=C1C=CCCCCCCCCCCCCCCC. The maximum absolute atomic E-state index is 11.9. The Bertz CT molecular complexity index is 916. The molecule has 1 unspecified atom stereocenters. The molecule has 0 amide bonds. The topological polar surface area (TPSA) is 71.7 Å². The molecule has 290 valence electrons. The Balaban J connectivity index is 1.59. The highest BCUT2D eigenvalue weighted by molar-refractivity contribution is 5.94. The number of aliphatic imine (C=N–C) groups is 2. The van der Waals surface area contributed by atoms with Crippen LogP contribution in [0.4, 0.5) is 0 Å². The lowest BCUT2D eigenvalue weighted by molar-refractivity contribution is -0.0903. The van der Waals surface area contributed by atoms with Crippen molar-refractivity contribution in [3.05, 3.63) is 24.3 Å².